The molecule has 0 aliphatic heterocycles. The lowest BCUT2D eigenvalue weighted by atomic mass is 10.1. The molecule has 2 N–H and O–H groups in total. The van der Waals surface area contributed by atoms with Crippen LogP contribution in [-0.4, -0.2) is 24.0 Å². The first-order valence-corrected chi connectivity index (χ1v) is 5.01. The van der Waals surface area contributed by atoms with E-state index in [1.54, 1.807) is 12.4 Å². The number of amides is 1. The Morgan fingerprint density at radius 1 is 1.56 bits per heavy atom. The van der Waals surface area contributed by atoms with Crippen LogP contribution < -0.4 is 10.6 Å². The highest BCUT2D eigenvalue weighted by molar-refractivity contribution is 5.78. The van der Waals surface area contributed by atoms with Gasteiger partial charge in [-0.15, -0.1) is 0 Å². The molecule has 0 bridgehead atoms. The molecule has 1 heterocycles. The maximum Gasteiger partial charge on any atom is 0.234 e. The maximum absolute atomic E-state index is 11.2. The van der Waals surface area contributed by atoms with Crippen molar-refractivity contribution in [1.82, 2.24) is 15.6 Å². The van der Waals surface area contributed by atoms with Crippen molar-refractivity contribution in [3.63, 3.8) is 0 Å². The summed E-state index contributed by atoms with van der Waals surface area (Å²) < 4.78 is 0. The zero-order valence-electron chi connectivity index (χ0n) is 9.10. The Morgan fingerprint density at radius 2 is 2.25 bits per heavy atom. The molecule has 0 aromatic carbocycles. The van der Waals surface area contributed by atoms with Gasteiger partial charge >= 0.3 is 0 Å². The number of pyridine rings is 1. The van der Waals surface area contributed by atoms with Crippen LogP contribution in [0.1, 0.15) is 18.5 Å². The van der Waals surface area contributed by atoms with Gasteiger partial charge in [0.15, 0.2) is 0 Å². The summed E-state index contributed by atoms with van der Waals surface area (Å²) in [5, 5.41) is 13.8. The fourth-order valence-electron chi connectivity index (χ4n) is 1.22. The van der Waals surface area contributed by atoms with Crippen molar-refractivity contribution >= 4 is 5.91 Å². The molecule has 1 atom stereocenters. The van der Waals surface area contributed by atoms with E-state index in [0.29, 0.717) is 0 Å². The van der Waals surface area contributed by atoms with Crippen LogP contribution in [0.15, 0.2) is 24.5 Å². The molecule has 0 aliphatic rings. The Morgan fingerprint density at radius 3 is 2.88 bits per heavy atom. The normalized spacial score (nSPS) is 11.5. The van der Waals surface area contributed by atoms with Gasteiger partial charge in [-0.2, -0.15) is 5.26 Å². The van der Waals surface area contributed by atoms with Crippen LogP contribution in [0.3, 0.4) is 0 Å². The average Bonchev–Trinajstić information content (AvgIpc) is 2.34. The number of aromatic nitrogens is 1. The Bertz CT molecular complexity index is 371. The Kier molecular flexibility index (Phi) is 4.96. The van der Waals surface area contributed by atoms with Gasteiger partial charge in [-0.25, -0.2) is 0 Å². The lowest BCUT2D eigenvalue weighted by molar-refractivity contribution is -0.120. The standard InChI is InChI=1S/C11H14N4O/c1-9(10-2-5-13-6-3-10)15-8-11(16)14-7-4-12/h2-3,5-6,9,15H,7-8H2,1H3,(H,14,16). The molecular weight excluding hydrogens is 204 g/mol. The summed E-state index contributed by atoms with van der Waals surface area (Å²) >= 11 is 0. The molecule has 1 amide bonds. The smallest absolute Gasteiger partial charge is 0.234 e. The van der Waals surface area contributed by atoms with Crippen LogP contribution in [0.5, 0.6) is 0 Å². The molecule has 5 nitrogen and oxygen atoms in total. The van der Waals surface area contributed by atoms with E-state index >= 15 is 0 Å². The van der Waals surface area contributed by atoms with E-state index in [9.17, 15) is 4.79 Å². The van der Waals surface area contributed by atoms with Crippen LogP contribution in [0, 0.1) is 11.3 Å². The van der Waals surface area contributed by atoms with Crippen molar-refractivity contribution in [1.29, 1.82) is 5.26 Å². The molecule has 1 rings (SSSR count). The third-order valence-corrected chi connectivity index (χ3v) is 2.14. The monoisotopic (exact) mass is 218 g/mol. The average molecular weight is 218 g/mol. The summed E-state index contributed by atoms with van der Waals surface area (Å²) in [4.78, 5) is 15.1. The van der Waals surface area contributed by atoms with E-state index in [0.717, 1.165) is 5.56 Å². The van der Waals surface area contributed by atoms with Crippen molar-refractivity contribution < 1.29 is 4.79 Å². The van der Waals surface area contributed by atoms with Gasteiger partial charge in [0.25, 0.3) is 0 Å². The topological polar surface area (TPSA) is 77.8 Å². The quantitative estimate of drug-likeness (QED) is 0.700. The molecule has 0 saturated carbocycles. The SMILES string of the molecule is CC(NCC(=O)NCC#N)c1ccncc1. The minimum absolute atomic E-state index is 0.0458. The van der Waals surface area contributed by atoms with Gasteiger partial charge in [0.2, 0.25) is 5.91 Å². The lowest BCUT2D eigenvalue weighted by Crippen LogP contribution is -2.35. The first-order chi connectivity index (χ1) is 7.74. The third kappa shape index (κ3) is 4.07. The van der Waals surface area contributed by atoms with Crippen molar-refractivity contribution in [2.24, 2.45) is 0 Å². The van der Waals surface area contributed by atoms with Gasteiger partial charge in [-0.1, -0.05) is 0 Å². The Hall–Kier alpha value is -1.93. The number of nitriles is 1. The molecule has 5 heteroatoms. The Balaban J connectivity index is 2.33. The fraction of sp³-hybridized carbons (Fsp3) is 0.364. The van der Waals surface area contributed by atoms with E-state index in [4.69, 9.17) is 5.26 Å². The molecule has 84 valence electrons. The highest BCUT2D eigenvalue weighted by Gasteiger charge is 2.06. The molecule has 0 radical (unpaired) electrons. The van der Waals surface area contributed by atoms with Gasteiger partial charge in [0, 0.05) is 18.4 Å². The van der Waals surface area contributed by atoms with Gasteiger partial charge in [-0.05, 0) is 24.6 Å². The minimum atomic E-state index is -0.178. The maximum atomic E-state index is 11.2. The molecule has 1 aromatic rings. The van der Waals surface area contributed by atoms with Crippen LogP contribution in [0.2, 0.25) is 0 Å². The first-order valence-electron chi connectivity index (χ1n) is 5.01. The molecule has 0 saturated heterocycles. The molecule has 16 heavy (non-hydrogen) atoms. The van der Waals surface area contributed by atoms with E-state index in [2.05, 4.69) is 15.6 Å². The number of carbonyl (C=O) groups excluding carboxylic acids is 1. The molecule has 1 unspecified atom stereocenters. The van der Waals surface area contributed by atoms with Gasteiger partial charge in [0.05, 0.1) is 12.6 Å². The lowest BCUT2D eigenvalue weighted by Gasteiger charge is -2.13. The van der Waals surface area contributed by atoms with Crippen LogP contribution in [0.4, 0.5) is 0 Å². The highest BCUT2D eigenvalue weighted by Crippen LogP contribution is 2.09. The zero-order valence-corrected chi connectivity index (χ0v) is 9.10. The summed E-state index contributed by atoms with van der Waals surface area (Å²) in [7, 11) is 0. The van der Waals surface area contributed by atoms with E-state index < -0.39 is 0 Å². The van der Waals surface area contributed by atoms with Gasteiger partial charge in [0.1, 0.15) is 6.54 Å². The van der Waals surface area contributed by atoms with Crippen molar-refractivity contribution in [2.45, 2.75) is 13.0 Å². The number of hydrogen-bond donors (Lipinski definition) is 2. The Labute approximate surface area is 94.5 Å². The van der Waals surface area contributed by atoms with E-state index in [1.807, 2.05) is 25.1 Å². The van der Waals surface area contributed by atoms with Crippen LogP contribution >= 0.6 is 0 Å². The summed E-state index contributed by atoms with van der Waals surface area (Å²) in [6, 6.07) is 5.72. The molecule has 0 fully saturated rings. The summed E-state index contributed by atoms with van der Waals surface area (Å²) in [6.07, 6.45) is 3.42. The zero-order chi connectivity index (χ0) is 11.8. The van der Waals surface area contributed by atoms with E-state index in [-0.39, 0.29) is 25.0 Å². The highest BCUT2D eigenvalue weighted by atomic mass is 16.1. The molecular formula is C11H14N4O. The number of nitrogens with zero attached hydrogens (tertiary/aromatic N) is 2. The fourth-order valence-corrected chi connectivity index (χ4v) is 1.22. The first kappa shape index (κ1) is 12.1. The van der Waals surface area contributed by atoms with Crippen LogP contribution in [-0.2, 0) is 4.79 Å². The molecule has 1 aromatic heterocycles. The number of carbonyl (C=O) groups is 1. The second kappa shape index (κ2) is 6.53. The largest absolute Gasteiger partial charge is 0.342 e. The van der Waals surface area contributed by atoms with Gasteiger partial charge in [-0.3, -0.25) is 9.78 Å². The van der Waals surface area contributed by atoms with Gasteiger partial charge < -0.3 is 10.6 Å². The van der Waals surface area contributed by atoms with Crippen molar-refractivity contribution in [3.05, 3.63) is 30.1 Å². The second-order valence-electron chi connectivity index (χ2n) is 3.32. The number of nitrogens with one attached hydrogen (secondary N) is 2. The molecule has 0 spiro atoms. The second-order valence-corrected chi connectivity index (χ2v) is 3.32. The molecule has 0 aliphatic carbocycles. The summed E-state index contributed by atoms with van der Waals surface area (Å²) in [6.45, 7) is 2.21. The van der Waals surface area contributed by atoms with Crippen molar-refractivity contribution in [3.8, 4) is 6.07 Å². The van der Waals surface area contributed by atoms with E-state index in [1.165, 1.54) is 0 Å². The predicted molar refractivity (Wildman–Crippen MR) is 59.3 cm³/mol. The predicted octanol–water partition coefficient (Wildman–Crippen LogP) is 0.372. The summed E-state index contributed by atoms with van der Waals surface area (Å²) in [5.41, 5.74) is 1.07. The number of hydrogen-bond acceptors (Lipinski definition) is 4. The van der Waals surface area contributed by atoms with Crippen molar-refractivity contribution in [2.75, 3.05) is 13.1 Å². The number of rotatable bonds is 5. The minimum Gasteiger partial charge on any atom is -0.342 e. The summed E-state index contributed by atoms with van der Waals surface area (Å²) in [5.74, 6) is -0.178. The third-order valence-electron chi connectivity index (χ3n) is 2.14. The van der Waals surface area contributed by atoms with Crippen LogP contribution in [0.25, 0.3) is 0 Å².